The number of aryl methyl sites for hydroxylation is 1. The van der Waals surface area contributed by atoms with E-state index in [2.05, 4.69) is 29.0 Å². The third kappa shape index (κ3) is 3.55. The lowest BCUT2D eigenvalue weighted by atomic mass is 10.0. The molecule has 1 heterocycles. The van der Waals surface area contributed by atoms with Gasteiger partial charge in [-0.2, -0.15) is 0 Å². The summed E-state index contributed by atoms with van der Waals surface area (Å²) in [6.45, 7) is 4.84. The number of carbonyl (C=O) groups excluding carboxylic acids is 2. The average molecular weight is 333 g/mol. The van der Waals surface area contributed by atoms with E-state index in [1.807, 2.05) is 34.9 Å². The number of benzene rings is 2. The SMILES string of the molecule is CC(=O)C(C=Nc1ccc2c(c1)ncn2-c1ccc(C)cc1)C(C)=O. The number of imidazole rings is 1. The molecule has 0 aliphatic carbocycles. The lowest BCUT2D eigenvalue weighted by Crippen LogP contribution is -2.20. The highest BCUT2D eigenvalue weighted by Gasteiger charge is 2.16. The van der Waals surface area contributed by atoms with Gasteiger partial charge in [0.15, 0.2) is 0 Å². The summed E-state index contributed by atoms with van der Waals surface area (Å²) in [4.78, 5) is 31.7. The van der Waals surface area contributed by atoms with Crippen molar-refractivity contribution in [3.63, 3.8) is 0 Å². The smallest absolute Gasteiger partial charge is 0.145 e. The van der Waals surface area contributed by atoms with Crippen molar-refractivity contribution in [3.05, 3.63) is 54.4 Å². The second kappa shape index (κ2) is 6.81. The first-order valence-electron chi connectivity index (χ1n) is 8.05. The quantitative estimate of drug-likeness (QED) is 0.526. The van der Waals surface area contributed by atoms with Gasteiger partial charge in [-0.05, 0) is 51.1 Å². The Bertz CT molecular complexity index is 954. The molecule has 0 N–H and O–H groups in total. The van der Waals surface area contributed by atoms with Crippen LogP contribution in [-0.4, -0.2) is 27.3 Å². The summed E-state index contributed by atoms with van der Waals surface area (Å²) in [7, 11) is 0. The molecule has 0 unspecified atom stereocenters. The van der Waals surface area contributed by atoms with Crippen molar-refractivity contribution in [2.24, 2.45) is 10.9 Å². The summed E-state index contributed by atoms with van der Waals surface area (Å²) >= 11 is 0. The molecule has 5 nitrogen and oxygen atoms in total. The number of hydrogen-bond acceptors (Lipinski definition) is 4. The van der Waals surface area contributed by atoms with Crippen molar-refractivity contribution in [2.75, 3.05) is 0 Å². The number of nitrogens with zero attached hydrogens (tertiary/aromatic N) is 3. The minimum atomic E-state index is -0.791. The zero-order valence-corrected chi connectivity index (χ0v) is 14.4. The lowest BCUT2D eigenvalue weighted by molar-refractivity contribution is -0.127. The van der Waals surface area contributed by atoms with Crippen LogP contribution >= 0.6 is 0 Å². The fourth-order valence-electron chi connectivity index (χ4n) is 2.65. The van der Waals surface area contributed by atoms with Crippen LogP contribution in [0.2, 0.25) is 0 Å². The number of aliphatic imine (C=N–C) groups is 1. The van der Waals surface area contributed by atoms with Gasteiger partial charge in [0.05, 0.1) is 16.7 Å². The van der Waals surface area contributed by atoms with Gasteiger partial charge in [0, 0.05) is 11.9 Å². The number of aromatic nitrogens is 2. The average Bonchev–Trinajstić information content (AvgIpc) is 2.98. The summed E-state index contributed by atoms with van der Waals surface area (Å²) < 4.78 is 2.01. The maximum absolute atomic E-state index is 11.5. The maximum atomic E-state index is 11.5. The monoisotopic (exact) mass is 333 g/mol. The number of Topliss-reactive ketones (excluding diaryl/α,β-unsaturated/α-hetero) is 2. The van der Waals surface area contributed by atoms with Gasteiger partial charge in [-0.3, -0.25) is 19.1 Å². The molecule has 0 spiro atoms. The van der Waals surface area contributed by atoms with Crippen LogP contribution in [0.1, 0.15) is 19.4 Å². The molecule has 3 rings (SSSR count). The van der Waals surface area contributed by atoms with Gasteiger partial charge in [-0.1, -0.05) is 17.7 Å². The van der Waals surface area contributed by atoms with Gasteiger partial charge in [0.25, 0.3) is 0 Å². The Morgan fingerprint density at radius 2 is 1.76 bits per heavy atom. The van der Waals surface area contributed by atoms with Gasteiger partial charge in [-0.15, -0.1) is 0 Å². The van der Waals surface area contributed by atoms with Gasteiger partial charge in [-0.25, -0.2) is 4.98 Å². The van der Waals surface area contributed by atoms with Crippen LogP contribution in [0.5, 0.6) is 0 Å². The first kappa shape index (κ1) is 16.8. The number of rotatable bonds is 5. The van der Waals surface area contributed by atoms with Crippen LogP contribution in [0.15, 0.2) is 53.8 Å². The molecule has 3 aromatic rings. The van der Waals surface area contributed by atoms with E-state index >= 15 is 0 Å². The Morgan fingerprint density at radius 1 is 1.08 bits per heavy atom. The topological polar surface area (TPSA) is 64.3 Å². The van der Waals surface area contributed by atoms with Crippen LogP contribution in [0, 0.1) is 12.8 Å². The second-order valence-corrected chi connectivity index (χ2v) is 6.10. The molecule has 5 heteroatoms. The molecule has 1 aromatic heterocycles. The predicted molar refractivity (Wildman–Crippen MR) is 98.8 cm³/mol. The maximum Gasteiger partial charge on any atom is 0.145 e. The van der Waals surface area contributed by atoms with E-state index in [4.69, 9.17) is 0 Å². The molecule has 0 atom stereocenters. The van der Waals surface area contributed by atoms with Crippen LogP contribution in [0.25, 0.3) is 16.7 Å². The Labute approximate surface area is 146 Å². The number of hydrogen-bond donors (Lipinski definition) is 0. The minimum absolute atomic E-state index is 0.207. The largest absolute Gasteiger partial charge is 0.299 e. The standard InChI is InChI=1S/C20H19N3O2/c1-13-4-7-17(8-5-13)23-12-22-19-10-16(6-9-20(19)23)21-11-18(14(2)24)15(3)25/h4-12,18H,1-3H3. The second-order valence-electron chi connectivity index (χ2n) is 6.10. The van der Waals surface area contributed by atoms with Crippen LogP contribution < -0.4 is 0 Å². The highest BCUT2D eigenvalue weighted by atomic mass is 16.1. The summed E-state index contributed by atoms with van der Waals surface area (Å²) in [5, 5.41) is 0. The van der Waals surface area contributed by atoms with E-state index in [-0.39, 0.29) is 11.6 Å². The minimum Gasteiger partial charge on any atom is -0.299 e. The van der Waals surface area contributed by atoms with Crippen molar-refractivity contribution in [2.45, 2.75) is 20.8 Å². The first-order valence-corrected chi connectivity index (χ1v) is 8.05. The molecular weight excluding hydrogens is 314 g/mol. The number of carbonyl (C=O) groups is 2. The van der Waals surface area contributed by atoms with E-state index in [0.717, 1.165) is 16.7 Å². The van der Waals surface area contributed by atoms with Crippen LogP contribution in [0.4, 0.5) is 5.69 Å². The molecule has 0 bridgehead atoms. The first-order chi connectivity index (χ1) is 12.0. The van der Waals surface area contributed by atoms with Crippen LogP contribution in [-0.2, 0) is 9.59 Å². The van der Waals surface area contributed by atoms with Gasteiger partial charge in [0.2, 0.25) is 0 Å². The van der Waals surface area contributed by atoms with Crippen molar-refractivity contribution in [3.8, 4) is 5.69 Å². The lowest BCUT2D eigenvalue weighted by Gasteiger charge is -2.05. The third-order valence-electron chi connectivity index (χ3n) is 4.09. The number of fused-ring (bicyclic) bond motifs is 1. The summed E-state index contributed by atoms with van der Waals surface area (Å²) in [6.07, 6.45) is 3.18. The van der Waals surface area contributed by atoms with E-state index in [1.54, 1.807) is 6.33 Å². The van der Waals surface area contributed by atoms with Crippen molar-refractivity contribution < 1.29 is 9.59 Å². The number of ketones is 2. The van der Waals surface area contributed by atoms with Crippen molar-refractivity contribution >= 4 is 34.5 Å². The molecule has 25 heavy (non-hydrogen) atoms. The van der Waals surface area contributed by atoms with Crippen molar-refractivity contribution in [1.82, 2.24) is 9.55 Å². The molecule has 2 aromatic carbocycles. The molecular formula is C20H19N3O2. The molecule has 0 aliphatic heterocycles. The predicted octanol–water partition coefficient (Wildman–Crippen LogP) is 3.83. The molecule has 0 saturated heterocycles. The van der Waals surface area contributed by atoms with E-state index in [1.165, 1.54) is 25.6 Å². The van der Waals surface area contributed by atoms with E-state index < -0.39 is 5.92 Å². The normalized spacial score (nSPS) is 11.5. The van der Waals surface area contributed by atoms with Crippen LogP contribution in [0.3, 0.4) is 0 Å². The Kier molecular flexibility index (Phi) is 4.57. The fraction of sp³-hybridized carbons (Fsp3) is 0.200. The van der Waals surface area contributed by atoms with Gasteiger partial charge >= 0.3 is 0 Å². The summed E-state index contributed by atoms with van der Waals surface area (Å²) in [5.41, 5.74) is 4.68. The van der Waals surface area contributed by atoms with E-state index in [9.17, 15) is 9.59 Å². The van der Waals surface area contributed by atoms with Gasteiger partial charge < -0.3 is 0 Å². The van der Waals surface area contributed by atoms with Crippen molar-refractivity contribution in [1.29, 1.82) is 0 Å². The van der Waals surface area contributed by atoms with E-state index in [0.29, 0.717) is 5.69 Å². The Hall–Kier alpha value is -3.08. The summed E-state index contributed by atoms with van der Waals surface area (Å²) in [5.74, 6) is -1.21. The third-order valence-corrected chi connectivity index (χ3v) is 4.09. The zero-order valence-electron chi connectivity index (χ0n) is 14.4. The molecule has 126 valence electrons. The fourth-order valence-corrected chi connectivity index (χ4v) is 2.65. The molecule has 0 radical (unpaired) electrons. The Morgan fingerprint density at radius 3 is 2.40 bits per heavy atom. The molecule has 0 saturated carbocycles. The zero-order chi connectivity index (χ0) is 18.0. The molecule has 0 fully saturated rings. The highest BCUT2D eigenvalue weighted by molar-refractivity contribution is 6.13. The Balaban J connectivity index is 1.93. The molecule has 0 aliphatic rings. The van der Waals surface area contributed by atoms with Gasteiger partial charge in [0.1, 0.15) is 23.8 Å². The molecule has 0 amide bonds. The highest BCUT2D eigenvalue weighted by Crippen LogP contribution is 2.23. The summed E-state index contributed by atoms with van der Waals surface area (Å²) in [6, 6.07) is 13.8.